The summed E-state index contributed by atoms with van der Waals surface area (Å²) in [6.07, 6.45) is 5.36. The molecule has 0 saturated carbocycles. The van der Waals surface area contributed by atoms with Crippen molar-refractivity contribution >= 4 is 17.7 Å². The molecule has 5 nitrogen and oxygen atoms in total. The van der Waals surface area contributed by atoms with Gasteiger partial charge >= 0.3 is 5.97 Å². The van der Waals surface area contributed by atoms with Gasteiger partial charge in [0.05, 0.1) is 19.1 Å². The van der Waals surface area contributed by atoms with Crippen molar-refractivity contribution < 1.29 is 19.0 Å². The zero-order valence-corrected chi connectivity index (χ0v) is 17.0. The van der Waals surface area contributed by atoms with Crippen molar-refractivity contribution in [1.29, 1.82) is 0 Å². The quantitative estimate of drug-likeness (QED) is 0.561. The van der Waals surface area contributed by atoms with Gasteiger partial charge in [0.2, 0.25) is 5.72 Å². The molecule has 5 heteroatoms. The molecule has 2 aromatic carbocycles. The van der Waals surface area contributed by atoms with Gasteiger partial charge in [0.25, 0.3) is 0 Å². The highest BCUT2D eigenvalue weighted by atomic mass is 16.6. The fraction of sp³-hybridized carbons (Fsp3) is 0.292. The molecule has 1 unspecified atom stereocenters. The Kier molecular flexibility index (Phi) is 4.61. The number of carbonyl (C=O) groups excluding carboxylic acids is 1. The van der Waals surface area contributed by atoms with E-state index in [0.717, 1.165) is 11.3 Å². The second-order valence-corrected chi connectivity index (χ2v) is 7.68. The highest BCUT2D eigenvalue weighted by Crippen LogP contribution is 2.55. The number of hydrogen-bond acceptors (Lipinski definition) is 5. The number of benzene rings is 2. The molecule has 1 atom stereocenters. The summed E-state index contributed by atoms with van der Waals surface area (Å²) in [7, 11) is 1.64. The van der Waals surface area contributed by atoms with E-state index in [2.05, 4.69) is 49.6 Å². The summed E-state index contributed by atoms with van der Waals surface area (Å²) in [6, 6.07) is 14.1. The predicted octanol–water partition coefficient (Wildman–Crippen LogP) is 4.32. The Bertz CT molecular complexity index is 994. The molecule has 0 radical (unpaired) electrons. The van der Waals surface area contributed by atoms with Gasteiger partial charge in [-0.1, -0.05) is 36.9 Å². The second-order valence-electron chi connectivity index (χ2n) is 7.68. The summed E-state index contributed by atoms with van der Waals surface area (Å²) in [5, 5.41) is 0. The number of fused-ring (bicyclic) bond motifs is 2. The molecule has 0 N–H and O–H groups in total. The lowest BCUT2D eigenvalue weighted by Gasteiger charge is -2.47. The molecule has 1 spiro atoms. The highest BCUT2D eigenvalue weighted by molar-refractivity contribution is 5.81. The van der Waals surface area contributed by atoms with E-state index in [1.807, 2.05) is 30.3 Å². The van der Waals surface area contributed by atoms with Crippen molar-refractivity contribution in [3.05, 3.63) is 72.3 Å². The lowest BCUT2D eigenvalue weighted by molar-refractivity contribution is -0.137. The van der Waals surface area contributed by atoms with Crippen molar-refractivity contribution in [2.75, 3.05) is 25.2 Å². The number of carbonyl (C=O) groups is 1. The van der Waals surface area contributed by atoms with Crippen LogP contribution in [0.3, 0.4) is 0 Å². The van der Waals surface area contributed by atoms with Gasteiger partial charge in [-0.05, 0) is 43.7 Å². The lowest BCUT2D eigenvalue weighted by Crippen LogP contribution is -2.60. The second kappa shape index (κ2) is 6.99. The van der Waals surface area contributed by atoms with Crippen LogP contribution in [0, 0.1) is 0 Å². The van der Waals surface area contributed by atoms with Gasteiger partial charge in [-0.3, -0.25) is 0 Å². The Hall–Kier alpha value is -3.21. The number of hydrogen-bond donors (Lipinski definition) is 0. The van der Waals surface area contributed by atoms with Crippen LogP contribution in [0.4, 0.5) is 5.69 Å². The van der Waals surface area contributed by atoms with E-state index in [0.29, 0.717) is 18.0 Å². The van der Waals surface area contributed by atoms with Crippen LogP contribution in [0.5, 0.6) is 11.5 Å². The van der Waals surface area contributed by atoms with Gasteiger partial charge < -0.3 is 19.1 Å². The topological polar surface area (TPSA) is 48.0 Å². The van der Waals surface area contributed by atoms with Crippen molar-refractivity contribution in [1.82, 2.24) is 0 Å². The normalized spacial score (nSPS) is 20.6. The maximum absolute atomic E-state index is 11.6. The molecule has 0 fully saturated rings. The van der Waals surface area contributed by atoms with E-state index < -0.39 is 11.7 Å². The minimum absolute atomic E-state index is 0.229. The van der Waals surface area contributed by atoms with Crippen LogP contribution in [0.1, 0.15) is 25.0 Å². The first kappa shape index (κ1) is 19.1. The average Bonchev–Trinajstić information content (AvgIpc) is 2.92. The Balaban J connectivity index is 1.79. The summed E-state index contributed by atoms with van der Waals surface area (Å²) < 4.78 is 17.6. The molecule has 0 aromatic heterocycles. The third-order valence-electron chi connectivity index (χ3n) is 5.87. The molecule has 2 heterocycles. The minimum Gasteiger partial charge on any atom is -0.493 e. The Morgan fingerprint density at radius 2 is 2.00 bits per heavy atom. The van der Waals surface area contributed by atoms with Crippen LogP contribution >= 0.6 is 0 Å². The number of nitrogens with zero attached hydrogens (tertiary/aromatic N) is 1. The molecule has 0 aliphatic carbocycles. The molecule has 150 valence electrons. The van der Waals surface area contributed by atoms with Gasteiger partial charge in [0.15, 0.2) is 11.5 Å². The van der Waals surface area contributed by atoms with Crippen LogP contribution in [0.25, 0.3) is 6.08 Å². The van der Waals surface area contributed by atoms with E-state index in [1.165, 1.54) is 11.6 Å². The van der Waals surface area contributed by atoms with Gasteiger partial charge in [-0.25, -0.2) is 4.79 Å². The Morgan fingerprint density at radius 1 is 1.21 bits per heavy atom. The SMILES string of the molecule is C=CC(=O)OCCN1c2ccccc2C(C)(C)C12C=Cc1cccc(OC)c1O2. The smallest absolute Gasteiger partial charge is 0.330 e. The molecule has 2 aliphatic heterocycles. The molecular weight excluding hydrogens is 366 g/mol. The molecule has 2 aromatic rings. The maximum atomic E-state index is 11.6. The molecule has 4 rings (SSSR count). The molecule has 0 amide bonds. The summed E-state index contributed by atoms with van der Waals surface area (Å²) in [4.78, 5) is 13.7. The first-order valence-corrected chi connectivity index (χ1v) is 9.66. The summed E-state index contributed by atoms with van der Waals surface area (Å²) in [6.45, 7) is 8.52. The van der Waals surface area contributed by atoms with E-state index in [1.54, 1.807) is 7.11 Å². The molecular formula is C24H25NO4. The Labute approximate surface area is 171 Å². The van der Waals surface area contributed by atoms with Crippen molar-refractivity contribution in [2.24, 2.45) is 0 Å². The van der Waals surface area contributed by atoms with Crippen molar-refractivity contribution in [3.8, 4) is 11.5 Å². The predicted molar refractivity (Wildman–Crippen MR) is 113 cm³/mol. The molecule has 0 saturated heterocycles. The number of methoxy groups -OCH3 is 1. The van der Waals surface area contributed by atoms with Gasteiger partial charge in [-0.15, -0.1) is 0 Å². The van der Waals surface area contributed by atoms with Gasteiger partial charge in [-0.2, -0.15) is 0 Å². The van der Waals surface area contributed by atoms with Gasteiger partial charge in [0, 0.05) is 17.3 Å². The maximum Gasteiger partial charge on any atom is 0.330 e. The van der Waals surface area contributed by atoms with Crippen molar-refractivity contribution in [3.63, 3.8) is 0 Å². The van der Waals surface area contributed by atoms with E-state index in [4.69, 9.17) is 14.2 Å². The largest absolute Gasteiger partial charge is 0.493 e. The summed E-state index contributed by atoms with van der Waals surface area (Å²) in [5.74, 6) is 0.973. The number of para-hydroxylation sites is 2. The lowest BCUT2D eigenvalue weighted by atomic mass is 9.76. The number of esters is 1. The third-order valence-corrected chi connectivity index (χ3v) is 5.87. The van der Waals surface area contributed by atoms with Crippen LogP contribution < -0.4 is 14.4 Å². The summed E-state index contributed by atoms with van der Waals surface area (Å²) >= 11 is 0. The van der Waals surface area contributed by atoms with E-state index >= 15 is 0 Å². The standard InChI is InChI=1S/C24H25NO4/c1-5-21(26)28-16-15-25-19-11-7-6-10-18(19)23(2,3)24(25)14-13-17-9-8-12-20(27-4)22(17)29-24/h5-14H,1,15-16H2,2-4H3. The first-order valence-electron chi connectivity index (χ1n) is 9.66. The molecule has 2 aliphatic rings. The zero-order chi connectivity index (χ0) is 20.6. The minimum atomic E-state index is -0.779. The zero-order valence-electron chi connectivity index (χ0n) is 17.0. The molecule has 0 bridgehead atoms. The highest BCUT2D eigenvalue weighted by Gasteiger charge is 2.59. The van der Waals surface area contributed by atoms with Crippen LogP contribution in [0.15, 0.2) is 61.2 Å². The van der Waals surface area contributed by atoms with Crippen LogP contribution in [-0.2, 0) is 14.9 Å². The number of ether oxygens (including phenoxy) is 3. The summed E-state index contributed by atoms with van der Waals surface area (Å²) in [5.41, 5.74) is 2.08. The molecule has 29 heavy (non-hydrogen) atoms. The first-order chi connectivity index (χ1) is 13.9. The van der Waals surface area contributed by atoms with Crippen molar-refractivity contribution in [2.45, 2.75) is 25.0 Å². The van der Waals surface area contributed by atoms with Gasteiger partial charge in [0.1, 0.15) is 6.61 Å². The monoisotopic (exact) mass is 391 g/mol. The number of anilines is 1. The fourth-order valence-corrected chi connectivity index (χ4v) is 4.34. The van der Waals surface area contributed by atoms with Crippen LogP contribution in [0.2, 0.25) is 0 Å². The number of rotatable bonds is 5. The van der Waals surface area contributed by atoms with Crippen LogP contribution in [-0.4, -0.2) is 32.0 Å². The average molecular weight is 391 g/mol. The third kappa shape index (κ3) is 2.80. The Morgan fingerprint density at radius 3 is 2.76 bits per heavy atom. The van der Waals surface area contributed by atoms with E-state index in [9.17, 15) is 4.79 Å². The fourth-order valence-electron chi connectivity index (χ4n) is 4.34. The van der Waals surface area contributed by atoms with E-state index in [-0.39, 0.29) is 12.0 Å².